The highest BCUT2D eigenvalue weighted by Crippen LogP contribution is 2.30. The molecule has 1 heterocycles. The Morgan fingerprint density at radius 3 is 2.81 bits per heavy atom. The molecular formula is C15H16ClN3O2. The number of benzene rings is 1. The molecule has 1 unspecified atom stereocenters. The zero-order valence-electron chi connectivity index (χ0n) is 11.8. The number of anilines is 1. The van der Waals surface area contributed by atoms with Crippen LogP contribution in [0, 0.1) is 17.0 Å². The van der Waals surface area contributed by atoms with Gasteiger partial charge in [-0.05, 0) is 30.5 Å². The zero-order chi connectivity index (χ0) is 15.4. The largest absolute Gasteiger partial charge is 0.376 e. The van der Waals surface area contributed by atoms with Gasteiger partial charge < -0.3 is 5.32 Å². The van der Waals surface area contributed by atoms with Gasteiger partial charge in [-0.2, -0.15) is 0 Å². The van der Waals surface area contributed by atoms with Crippen LogP contribution in [-0.2, 0) is 0 Å². The maximum absolute atomic E-state index is 10.9. The molecular weight excluding hydrogens is 290 g/mol. The van der Waals surface area contributed by atoms with E-state index in [1.54, 1.807) is 18.3 Å². The van der Waals surface area contributed by atoms with Crippen LogP contribution in [0.15, 0.2) is 36.5 Å². The summed E-state index contributed by atoms with van der Waals surface area (Å²) in [5, 5.41) is 14.6. The van der Waals surface area contributed by atoms with Gasteiger partial charge in [0.15, 0.2) is 5.15 Å². The van der Waals surface area contributed by atoms with Crippen LogP contribution in [0.4, 0.5) is 11.4 Å². The lowest BCUT2D eigenvalue weighted by Crippen LogP contribution is -2.11. The minimum absolute atomic E-state index is 0.0645. The Bertz CT molecular complexity index is 641. The second-order valence-electron chi connectivity index (χ2n) is 4.75. The maximum atomic E-state index is 10.9. The van der Waals surface area contributed by atoms with Crippen LogP contribution in [0.5, 0.6) is 0 Å². The van der Waals surface area contributed by atoms with E-state index in [0.717, 1.165) is 23.2 Å². The molecule has 0 amide bonds. The summed E-state index contributed by atoms with van der Waals surface area (Å²) in [6.07, 6.45) is 2.42. The van der Waals surface area contributed by atoms with Crippen molar-refractivity contribution < 1.29 is 4.92 Å². The Morgan fingerprint density at radius 1 is 1.43 bits per heavy atom. The van der Waals surface area contributed by atoms with Crippen molar-refractivity contribution in [3.05, 3.63) is 62.9 Å². The number of rotatable bonds is 5. The van der Waals surface area contributed by atoms with E-state index in [0.29, 0.717) is 5.15 Å². The lowest BCUT2D eigenvalue weighted by Gasteiger charge is -2.20. The molecule has 0 aliphatic rings. The van der Waals surface area contributed by atoms with E-state index in [4.69, 9.17) is 11.6 Å². The summed E-state index contributed by atoms with van der Waals surface area (Å²) in [5.41, 5.74) is 2.68. The Kier molecular flexibility index (Phi) is 4.75. The molecule has 5 nitrogen and oxygen atoms in total. The number of aryl methyl sites for hydroxylation is 1. The fourth-order valence-corrected chi connectivity index (χ4v) is 2.41. The number of hydrogen-bond donors (Lipinski definition) is 1. The van der Waals surface area contributed by atoms with Crippen LogP contribution in [0.2, 0.25) is 5.15 Å². The molecule has 0 saturated heterocycles. The number of pyridine rings is 1. The van der Waals surface area contributed by atoms with E-state index in [1.165, 1.54) is 6.07 Å². The van der Waals surface area contributed by atoms with Crippen molar-refractivity contribution in [3.63, 3.8) is 0 Å². The molecule has 0 aliphatic heterocycles. The van der Waals surface area contributed by atoms with Crippen molar-refractivity contribution in [2.45, 2.75) is 26.3 Å². The summed E-state index contributed by atoms with van der Waals surface area (Å²) in [5.74, 6) is 0. The molecule has 0 saturated carbocycles. The molecule has 6 heteroatoms. The lowest BCUT2D eigenvalue weighted by molar-refractivity contribution is -0.384. The predicted molar refractivity (Wildman–Crippen MR) is 83.7 cm³/mol. The van der Waals surface area contributed by atoms with E-state index >= 15 is 0 Å². The summed E-state index contributed by atoms with van der Waals surface area (Å²) < 4.78 is 0. The Labute approximate surface area is 128 Å². The van der Waals surface area contributed by atoms with Crippen LogP contribution in [-0.4, -0.2) is 9.91 Å². The molecule has 0 aliphatic carbocycles. The van der Waals surface area contributed by atoms with Gasteiger partial charge in [0.1, 0.15) is 0 Å². The van der Waals surface area contributed by atoms with Gasteiger partial charge in [-0.3, -0.25) is 10.1 Å². The van der Waals surface area contributed by atoms with Crippen LogP contribution in [0.25, 0.3) is 0 Å². The van der Waals surface area contributed by atoms with Gasteiger partial charge in [-0.25, -0.2) is 4.98 Å². The summed E-state index contributed by atoms with van der Waals surface area (Å²) in [6, 6.07) is 8.43. The van der Waals surface area contributed by atoms with Crippen molar-refractivity contribution in [1.82, 2.24) is 4.98 Å². The molecule has 1 aromatic heterocycles. The summed E-state index contributed by atoms with van der Waals surface area (Å²) in [6.45, 7) is 3.95. The molecule has 2 rings (SSSR count). The maximum Gasteiger partial charge on any atom is 0.269 e. The van der Waals surface area contributed by atoms with Gasteiger partial charge >= 0.3 is 0 Å². The van der Waals surface area contributed by atoms with Crippen molar-refractivity contribution in [3.8, 4) is 0 Å². The van der Waals surface area contributed by atoms with Crippen LogP contribution >= 0.6 is 11.6 Å². The molecule has 21 heavy (non-hydrogen) atoms. The Hall–Kier alpha value is -2.14. The van der Waals surface area contributed by atoms with Gasteiger partial charge in [-0.15, -0.1) is 0 Å². The zero-order valence-corrected chi connectivity index (χ0v) is 12.6. The second kappa shape index (κ2) is 6.54. The first-order valence-corrected chi connectivity index (χ1v) is 7.02. The van der Waals surface area contributed by atoms with Gasteiger partial charge in [0.25, 0.3) is 5.69 Å². The highest BCUT2D eigenvalue weighted by atomic mass is 35.5. The summed E-state index contributed by atoms with van der Waals surface area (Å²) in [4.78, 5) is 14.6. The number of nitro benzene ring substituents is 1. The van der Waals surface area contributed by atoms with Crippen molar-refractivity contribution in [1.29, 1.82) is 0 Å². The van der Waals surface area contributed by atoms with Crippen molar-refractivity contribution >= 4 is 23.0 Å². The number of hydrogen-bond acceptors (Lipinski definition) is 4. The molecule has 2 aromatic rings. The van der Waals surface area contributed by atoms with Crippen LogP contribution < -0.4 is 5.32 Å². The monoisotopic (exact) mass is 305 g/mol. The number of halogens is 1. The third-order valence-electron chi connectivity index (χ3n) is 3.32. The minimum atomic E-state index is -0.390. The normalized spacial score (nSPS) is 12.0. The smallest absolute Gasteiger partial charge is 0.269 e. The minimum Gasteiger partial charge on any atom is -0.376 e. The molecule has 0 radical (unpaired) electrons. The fourth-order valence-electron chi connectivity index (χ4n) is 2.15. The van der Waals surface area contributed by atoms with E-state index in [1.807, 2.05) is 26.0 Å². The second-order valence-corrected chi connectivity index (χ2v) is 5.11. The topological polar surface area (TPSA) is 68.1 Å². The predicted octanol–water partition coefficient (Wildman–Crippen LogP) is 4.51. The van der Waals surface area contributed by atoms with Gasteiger partial charge in [0.05, 0.1) is 16.7 Å². The van der Waals surface area contributed by atoms with Gasteiger partial charge in [0, 0.05) is 18.3 Å². The first-order chi connectivity index (χ1) is 10.0. The third kappa shape index (κ3) is 3.49. The Balaban J connectivity index is 2.32. The van der Waals surface area contributed by atoms with E-state index in [2.05, 4.69) is 10.3 Å². The first kappa shape index (κ1) is 15.3. The molecule has 1 atom stereocenters. The third-order valence-corrected chi connectivity index (χ3v) is 3.61. The summed E-state index contributed by atoms with van der Waals surface area (Å²) in [7, 11) is 0. The molecule has 0 fully saturated rings. The number of aromatic nitrogens is 1. The highest BCUT2D eigenvalue weighted by molar-refractivity contribution is 6.32. The molecule has 110 valence electrons. The SMILES string of the molecule is CCC(Nc1c(C)ccnc1Cl)c1cccc([N+](=O)[O-])c1. The number of non-ortho nitro benzene ring substituents is 1. The molecule has 1 N–H and O–H groups in total. The molecule has 0 spiro atoms. The van der Waals surface area contributed by atoms with Gasteiger partial charge in [-0.1, -0.05) is 30.7 Å². The number of nitrogens with one attached hydrogen (secondary N) is 1. The van der Waals surface area contributed by atoms with Crippen molar-refractivity contribution in [2.75, 3.05) is 5.32 Å². The number of nitrogens with zero attached hydrogens (tertiary/aromatic N) is 2. The standard InChI is InChI=1S/C15H16ClN3O2/c1-3-13(11-5-4-6-12(9-11)19(20)21)18-14-10(2)7-8-17-15(14)16/h4-9,13,18H,3H2,1-2H3. The molecule has 0 bridgehead atoms. The van der Waals surface area contributed by atoms with Crippen molar-refractivity contribution in [2.24, 2.45) is 0 Å². The number of nitro groups is 1. The average Bonchev–Trinajstić information content (AvgIpc) is 2.47. The van der Waals surface area contributed by atoms with E-state index < -0.39 is 4.92 Å². The molecule has 1 aromatic carbocycles. The Morgan fingerprint density at radius 2 is 2.19 bits per heavy atom. The highest BCUT2D eigenvalue weighted by Gasteiger charge is 2.15. The van der Waals surface area contributed by atoms with Crippen LogP contribution in [0.1, 0.15) is 30.5 Å². The first-order valence-electron chi connectivity index (χ1n) is 6.65. The van der Waals surface area contributed by atoms with E-state index in [9.17, 15) is 10.1 Å². The van der Waals surface area contributed by atoms with E-state index in [-0.39, 0.29) is 11.7 Å². The lowest BCUT2D eigenvalue weighted by atomic mass is 10.0. The summed E-state index contributed by atoms with van der Waals surface area (Å²) >= 11 is 6.12. The quantitative estimate of drug-likeness (QED) is 0.501. The van der Waals surface area contributed by atoms with Gasteiger partial charge in [0.2, 0.25) is 0 Å². The fraction of sp³-hybridized carbons (Fsp3) is 0.267. The van der Waals surface area contributed by atoms with Crippen LogP contribution in [0.3, 0.4) is 0 Å². The average molecular weight is 306 g/mol.